The van der Waals surface area contributed by atoms with E-state index in [1.165, 1.54) is 12.8 Å². The molecule has 0 amide bonds. The molecule has 0 aliphatic heterocycles. The highest BCUT2D eigenvalue weighted by Crippen LogP contribution is 2.33. The topological polar surface area (TPSA) is 89.8 Å². The van der Waals surface area contributed by atoms with Gasteiger partial charge >= 0.3 is 0 Å². The largest absolute Gasteiger partial charge is 0.382 e. The Balaban J connectivity index is 1.68. The van der Waals surface area contributed by atoms with Crippen molar-refractivity contribution < 1.29 is 0 Å². The molecule has 1 aliphatic rings. The molecule has 1 heterocycles. The van der Waals surface area contributed by atoms with Crippen LogP contribution in [0.5, 0.6) is 0 Å². The van der Waals surface area contributed by atoms with E-state index in [0.717, 1.165) is 37.1 Å². The minimum atomic E-state index is 0.314. The molecule has 1 saturated carbocycles. The van der Waals surface area contributed by atoms with Crippen LogP contribution in [0.4, 0.5) is 11.8 Å². The van der Waals surface area contributed by atoms with Gasteiger partial charge in [-0.3, -0.25) is 0 Å². The zero-order valence-electron chi connectivity index (χ0n) is 14.7. The number of nitrogens with one attached hydrogen (secondary N) is 1. The SMILES string of the molecule is NCC1CCC(Cc2nc(NCc3ccccc3Cl)nc(N)c2Cl)CC1. The fraction of sp³-hybridized carbons (Fsp3) is 0.474. The van der Waals surface area contributed by atoms with E-state index in [9.17, 15) is 0 Å². The molecule has 2 aromatic rings. The van der Waals surface area contributed by atoms with E-state index in [1.54, 1.807) is 0 Å². The van der Waals surface area contributed by atoms with Crippen molar-refractivity contribution >= 4 is 35.0 Å². The Bertz CT molecular complexity index is 745. The number of nitrogens with zero attached hydrogens (tertiary/aromatic N) is 2. The summed E-state index contributed by atoms with van der Waals surface area (Å²) in [7, 11) is 0. The molecule has 0 unspecified atom stereocenters. The van der Waals surface area contributed by atoms with E-state index >= 15 is 0 Å². The molecule has 1 aromatic carbocycles. The van der Waals surface area contributed by atoms with Gasteiger partial charge in [-0.15, -0.1) is 0 Å². The van der Waals surface area contributed by atoms with Crippen LogP contribution < -0.4 is 16.8 Å². The normalized spacial score (nSPS) is 20.1. The molecule has 0 radical (unpaired) electrons. The summed E-state index contributed by atoms with van der Waals surface area (Å²) in [5.74, 6) is 2.03. The lowest BCUT2D eigenvalue weighted by atomic mass is 9.80. The number of hydrogen-bond donors (Lipinski definition) is 3. The van der Waals surface area contributed by atoms with Gasteiger partial charge in [0.25, 0.3) is 0 Å². The Hall–Kier alpha value is -1.56. The lowest BCUT2D eigenvalue weighted by molar-refractivity contribution is 0.277. The minimum absolute atomic E-state index is 0.314. The number of anilines is 2. The molecule has 5 N–H and O–H groups in total. The fourth-order valence-corrected chi connectivity index (χ4v) is 3.85. The number of hydrogen-bond acceptors (Lipinski definition) is 5. The lowest BCUT2D eigenvalue weighted by Crippen LogP contribution is -2.22. The molecular weight excluding hydrogens is 369 g/mol. The second-order valence-electron chi connectivity index (χ2n) is 6.96. The maximum Gasteiger partial charge on any atom is 0.225 e. The number of aromatic nitrogens is 2. The molecular formula is C19H25Cl2N5. The zero-order valence-corrected chi connectivity index (χ0v) is 16.2. The summed E-state index contributed by atoms with van der Waals surface area (Å²) in [5.41, 5.74) is 13.6. The predicted octanol–water partition coefficient (Wildman–Crippen LogP) is 4.29. The molecule has 5 nitrogen and oxygen atoms in total. The van der Waals surface area contributed by atoms with E-state index in [2.05, 4.69) is 15.3 Å². The first kappa shape index (κ1) is 19.2. The number of rotatable bonds is 6. The number of nitrogen functional groups attached to an aromatic ring is 1. The zero-order chi connectivity index (χ0) is 18.5. The Morgan fingerprint density at radius 2 is 1.73 bits per heavy atom. The molecule has 140 valence electrons. The maximum absolute atomic E-state index is 6.36. The first-order valence-electron chi connectivity index (χ1n) is 9.06. The van der Waals surface area contributed by atoms with E-state index in [-0.39, 0.29) is 0 Å². The van der Waals surface area contributed by atoms with Crippen LogP contribution in [0.3, 0.4) is 0 Å². The Kier molecular flexibility index (Phi) is 6.57. The molecule has 0 atom stereocenters. The maximum atomic E-state index is 6.36. The molecule has 26 heavy (non-hydrogen) atoms. The molecule has 0 bridgehead atoms. The molecule has 1 aliphatic carbocycles. The second-order valence-corrected chi connectivity index (χ2v) is 7.75. The van der Waals surface area contributed by atoms with Crippen molar-refractivity contribution in [1.82, 2.24) is 9.97 Å². The third kappa shape index (κ3) is 4.78. The van der Waals surface area contributed by atoms with Crippen molar-refractivity contribution in [1.29, 1.82) is 0 Å². The van der Waals surface area contributed by atoms with E-state index in [0.29, 0.717) is 40.2 Å². The van der Waals surface area contributed by atoms with Crippen LogP contribution in [0.2, 0.25) is 10.0 Å². The van der Waals surface area contributed by atoms with Crippen LogP contribution in [0, 0.1) is 11.8 Å². The fourth-order valence-electron chi connectivity index (χ4n) is 3.49. The van der Waals surface area contributed by atoms with Gasteiger partial charge in [0.1, 0.15) is 10.8 Å². The van der Waals surface area contributed by atoms with Crippen molar-refractivity contribution in [2.24, 2.45) is 17.6 Å². The van der Waals surface area contributed by atoms with Crippen LogP contribution in [0.25, 0.3) is 0 Å². The number of nitrogens with two attached hydrogens (primary N) is 2. The Morgan fingerprint density at radius 1 is 1.04 bits per heavy atom. The van der Waals surface area contributed by atoms with Crippen LogP contribution >= 0.6 is 23.2 Å². The highest BCUT2D eigenvalue weighted by Gasteiger charge is 2.22. The average Bonchev–Trinajstić information content (AvgIpc) is 2.65. The van der Waals surface area contributed by atoms with Crippen LogP contribution in [0.1, 0.15) is 36.9 Å². The lowest BCUT2D eigenvalue weighted by Gasteiger charge is -2.27. The summed E-state index contributed by atoms with van der Waals surface area (Å²) in [4.78, 5) is 8.87. The molecule has 7 heteroatoms. The smallest absolute Gasteiger partial charge is 0.225 e. The van der Waals surface area contributed by atoms with Crippen molar-refractivity contribution in [3.05, 3.63) is 45.6 Å². The second kappa shape index (κ2) is 8.89. The molecule has 3 rings (SSSR count). The van der Waals surface area contributed by atoms with Gasteiger partial charge in [-0.25, -0.2) is 4.98 Å². The van der Waals surface area contributed by atoms with E-state index in [1.807, 2.05) is 24.3 Å². The Morgan fingerprint density at radius 3 is 2.42 bits per heavy atom. The summed E-state index contributed by atoms with van der Waals surface area (Å²) in [6.45, 7) is 1.31. The van der Waals surface area contributed by atoms with Crippen LogP contribution in [-0.4, -0.2) is 16.5 Å². The summed E-state index contributed by atoms with van der Waals surface area (Å²) >= 11 is 12.6. The molecule has 1 aromatic heterocycles. The molecule has 1 fully saturated rings. The minimum Gasteiger partial charge on any atom is -0.382 e. The van der Waals surface area contributed by atoms with Crippen LogP contribution in [-0.2, 0) is 13.0 Å². The van der Waals surface area contributed by atoms with Gasteiger partial charge in [-0.1, -0.05) is 41.4 Å². The summed E-state index contributed by atoms with van der Waals surface area (Å²) < 4.78 is 0. The number of benzene rings is 1. The summed E-state index contributed by atoms with van der Waals surface area (Å²) in [5, 5.41) is 4.38. The van der Waals surface area contributed by atoms with Crippen molar-refractivity contribution in [3.63, 3.8) is 0 Å². The monoisotopic (exact) mass is 393 g/mol. The third-order valence-corrected chi connectivity index (χ3v) is 5.90. The van der Waals surface area contributed by atoms with E-state index < -0.39 is 0 Å². The van der Waals surface area contributed by atoms with Gasteiger partial charge in [0.15, 0.2) is 0 Å². The van der Waals surface area contributed by atoms with Crippen LogP contribution in [0.15, 0.2) is 24.3 Å². The van der Waals surface area contributed by atoms with E-state index in [4.69, 9.17) is 34.7 Å². The van der Waals surface area contributed by atoms with Gasteiger partial charge < -0.3 is 16.8 Å². The summed E-state index contributed by atoms with van der Waals surface area (Å²) in [6, 6.07) is 7.67. The summed E-state index contributed by atoms with van der Waals surface area (Å²) in [6.07, 6.45) is 5.49. The van der Waals surface area contributed by atoms with Gasteiger partial charge in [-0.2, -0.15) is 4.98 Å². The van der Waals surface area contributed by atoms with Gasteiger partial charge in [0, 0.05) is 11.6 Å². The molecule has 0 spiro atoms. The predicted molar refractivity (Wildman–Crippen MR) is 108 cm³/mol. The quantitative estimate of drug-likeness (QED) is 0.680. The molecule has 0 saturated heterocycles. The van der Waals surface area contributed by atoms with Gasteiger partial charge in [0.05, 0.1) is 5.69 Å². The highest BCUT2D eigenvalue weighted by atomic mass is 35.5. The first-order valence-corrected chi connectivity index (χ1v) is 9.81. The Labute approximate surface area is 164 Å². The van der Waals surface area contributed by atoms with Crippen molar-refractivity contribution in [2.45, 2.75) is 38.6 Å². The highest BCUT2D eigenvalue weighted by molar-refractivity contribution is 6.33. The van der Waals surface area contributed by atoms with Gasteiger partial charge in [0.2, 0.25) is 5.95 Å². The number of halogens is 2. The van der Waals surface area contributed by atoms with Gasteiger partial charge in [-0.05, 0) is 62.1 Å². The first-order chi connectivity index (χ1) is 12.6. The van der Waals surface area contributed by atoms with Crippen molar-refractivity contribution in [2.75, 3.05) is 17.6 Å². The standard InChI is InChI=1S/C19H25Cl2N5/c20-15-4-2-1-3-14(15)11-24-19-25-16(17(21)18(23)26-19)9-12-5-7-13(10-22)8-6-12/h1-4,12-13H,5-11,22H2,(H3,23,24,25,26). The third-order valence-electron chi connectivity index (χ3n) is 5.12. The van der Waals surface area contributed by atoms with Crippen molar-refractivity contribution in [3.8, 4) is 0 Å². The average molecular weight is 394 g/mol.